The number of nitrogens with one attached hydrogen (secondary N) is 2. The van der Waals surface area contributed by atoms with Gasteiger partial charge >= 0.3 is 6.09 Å². The fourth-order valence-electron chi connectivity index (χ4n) is 4.63. The summed E-state index contributed by atoms with van der Waals surface area (Å²) in [4.78, 5) is 19.2. The van der Waals surface area contributed by atoms with Gasteiger partial charge in [0.2, 0.25) is 5.88 Å². The van der Waals surface area contributed by atoms with Crippen molar-refractivity contribution in [3.63, 3.8) is 0 Å². The van der Waals surface area contributed by atoms with Crippen molar-refractivity contribution in [3.05, 3.63) is 58.8 Å². The van der Waals surface area contributed by atoms with E-state index in [-0.39, 0.29) is 41.7 Å². The van der Waals surface area contributed by atoms with Crippen LogP contribution in [-0.4, -0.2) is 47.9 Å². The van der Waals surface area contributed by atoms with Crippen LogP contribution in [-0.2, 0) is 11.3 Å². The van der Waals surface area contributed by atoms with E-state index in [1.807, 2.05) is 0 Å². The SMILES string of the molecule is COc1cccc(-c2cc3c(n(C=N)c2=N)N(C(=O)OC(C)(C)C)Cc2c(F)ccc4c2[C@H](CO4)CO3)n1. The van der Waals surface area contributed by atoms with E-state index < -0.39 is 17.5 Å². The number of anilines is 1. The first-order valence-corrected chi connectivity index (χ1v) is 12.0. The lowest BCUT2D eigenvalue weighted by molar-refractivity contribution is 0.0574. The molecule has 11 heteroatoms. The zero-order valence-corrected chi connectivity index (χ0v) is 21.5. The van der Waals surface area contributed by atoms with E-state index in [4.69, 9.17) is 29.8 Å². The van der Waals surface area contributed by atoms with Crippen LogP contribution in [0.4, 0.5) is 15.0 Å². The van der Waals surface area contributed by atoms with E-state index in [2.05, 4.69) is 4.98 Å². The molecule has 1 aromatic carbocycles. The van der Waals surface area contributed by atoms with Gasteiger partial charge in [0.05, 0.1) is 44.8 Å². The molecule has 1 atom stereocenters. The number of rotatable bonds is 3. The first kappa shape index (κ1) is 25.2. The average molecular weight is 522 g/mol. The first-order valence-electron chi connectivity index (χ1n) is 12.0. The summed E-state index contributed by atoms with van der Waals surface area (Å²) in [6.07, 6.45) is 0.128. The second-order valence-electron chi connectivity index (χ2n) is 9.98. The number of halogens is 1. The molecule has 2 aromatic heterocycles. The Hall–Kier alpha value is -4.41. The molecular weight excluding hydrogens is 493 g/mol. The predicted octanol–water partition coefficient (Wildman–Crippen LogP) is 4.44. The van der Waals surface area contributed by atoms with Crippen molar-refractivity contribution in [2.75, 3.05) is 25.2 Å². The Morgan fingerprint density at radius 2 is 1.92 bits per heavy atom. The van der Waals surface area contributed by atoms with Gasteiger partial charge in [-0.05, 0) is 45.0 Å². The first-order chi connectivity index (χ1) is 18.1. The van der Waals surface area contributed by atoms with Crippen molar-refractivity contribution in [3.8, 4) is 28.6 Å². The van der Waals surface area contributed by atoms with E-state index in [0.29, 0.717) is 35.1 Å². The Balaban J connectivity index is 1.76. The molecule has 0 bridgehead atoms. The van der Waals surface area contributed by atoms with Crippen LogP contribution in [0.2, 0.25) is 0 Å². The van der Waals surface area contributed by atoms with Gasteiger partial charge in [0.25, 0.3) is 0 Å². The summed E-state index contributed by atoms with van der Waals surface area (Å²) in [7, 11) is 1.49. The Morgan fingerprint density at radius 1 is 1.18 bits per heavy atom. The fourth-order valence-corrected chi connectivity index (χ4v) is 4.63. The van der Waals surface area contributed by atoms with Gasteiger partial charge in [-0.25, -0.2) is 14.2 Å². The third-order valence-corrected chi connectivity index (χ3v) is 6.29. The number of aromatic nitrogens is 2. The van der Waals surface area contributed by atoms with E-state index >= 15 is 4.39 Å². The van der Waals surface area contributed by atoms with Crippen molar-refractivity contribution in [1.82, 2.24) is 9.55 Å². The Kier molecular flexibility index (Phi) is 6.29. The Bertz CT molecular complexity index is 1500. The molecule has 3 aromatic rings. The van der Waals surface area contributed by atoms with Crippen molar-refractivity contribution < 1.29 is 28.1 Å². The maximum atomic E-state index is 15.3. The van der Waals surface area contributed by atoms with E-state index in [9.17, 15) is 4.79 Å². The zero-order valence-electron chi connectivity index (χ0n) is 21.5. The van der Waals surface area contributed by atoms with Crippen molar-refractivity contribution in [2.24, 2.45) is 0 Å². The van der Waals surface area contributed by atoms with Crippen LogP contribution in [0, 0.1) is 16.6 Å². The van der Waals surface area contributed by atoms with Crippen LogP contribution in [0.15, 0.2) is 36.4 Å². The maximum absolute atomic E-state index is 15.3. The van der Waals surface area contributed by atoms with E-state index in [1.54, 1.807) is 51.1 Å². The molecule has 0 fully saturated rings. The number of hydrogen-bond acceptors (Lipinski definition) is 8. The van der Waals surface area contributed by atoms with Crippen LogP contribution in [0.5, 0.6) is 17.4 Å². The van der Waals surface area contributed by atoms with Gasteiger partial charge in [0, 0.05) is 22.8 Å². The number of nitrogens with zero attached hydrogens (tertiary/aromatic N) is 3. The minimum atomic E-state index is -0.858. The smallest absolute Gasteiger partial charge is 0.416 e. The summed E-state index contributed by atoms with van der Waals surface area (Å²) in [5.74, 6) is 0.378. The molecule has 0 spiro atoms. The largest absolute Gasteiger partial charge is 0.493 e. The van der Waals surface area contributed by atoms with Gasteiger partial charge in [-0.15, -0.1) is 0 Å². The summed E-state index contributed by atoms with van der Waals surface area (Å²) in [5, 5.41) is 17.1. The number of pyridine rings is 2. The van der Waals surface area contributed by atoms with Gasteiger partial charge in [-0.1, -0.05) is 6.07 Å². The van der Waals surface area contributed by atoms with Gasteiger partial charge in [-0.2, -0.15) is 0 Å². The topological polar surface area (TPSA) is 123 Å². The summed E-state index contributed by atoms with van der Waals surface area (Å²) in [6, 6.07) is 9.60. The molecule has 0 radical (unpaired) electrons. The minimum Gasteiger partial charge on any atom is -0.493 e. The summed E-state index contributed by atoms with van der Waals surface area (Å²) < 4.78 is 39.5. The van der Waals surface area contributed by atoms with Gasteiger partial charge < -0.3 is 18.9 Å². The summed E-state index contributed by atoms with van der Waals surface area (Å²) in [6.45, 7) is 5.37. The summed E-state index contributed by atoms with van der Waals surface area (Å²) >= 11 is 0. The molecule has 1 amide bonds. The van der Waals surface area contributed by atoms with E-state index in [1.165, 1.54) is 22.6 Å². The van der Waals surface area contributed by atoms with Crippen LogP contribution in [0.1, 0.15) is 37.8 Å². The number of amides is 1. The Morgan fingerprint density at radius 3 is 2.61 bits per heavy atom. The highest BCUT2D eigenvalue weighted by Gasteiger charge is 2.36. The van der Waals surface area contributed by atoms with Crippen molar-refractivity contribution >= 4 is 18.2 Å². The standard InChI is InChI=1S/C27H28FN5O5/c1-27(2,3)38-26(34)32-11-17-18(28)8-9-20-23(17)15(12-36-20)13-37-21-10-16(24(30)33(14-29)25(21)32)19-6-5-7-22(31-19)35-4/h5-10,14-15,29-30H,11-13H2,1-4H3/t15-/m1/s1. The number of carbonyl (C=O) groups is 1. The second kappa shape index (κ2) is 9.47. The van der Waals surface area contributed by atoms with E-state index in [0.717, 1.165) is 6.34 Å². The second-order valence-corrected chi connectivity index (χ2v) is 9.98. The van der Waals surface area contributed by atoms with Crippen LogP contribution in [0.3, 0.4) is 0 Å². The number of hydrogen-bond donors (Lipinski definition) is 2. The van der Waals surface area contributed by atoms with Gasteiger partial charge in [-0.3, -0.25) is 20.3 Å². The number of carbonyl (C=O) groups excluding carboxylic acids is 1. The highest BCUT2D eigenvalue weighted by atomic mass is 19.1. The third-order valence-electron chi connectivity index (χ3n) is 6.29. The quantitative estimate of drug-likeness (QED) is 0.388. The molecule has 0 saturated heterocycles. The number of ether oxygens (including phenoxy) is 4. The lowest BCUT2D eigenvalue weighted by Gasteiger charge is -2.30. The Labute approximate surface area is 218 Å². The lowest BCUT2D eigenvalue weighted by atomic mass is 9.95. The molecular formula is C27H28FN5O5. The number of fused-ring (bicyclic) bond motifs is 1. The van der Waals surface area contributed by atoms with Crippen LogP contribution < -0.4 is 24.6 Å². The molecule has 10 nitrogen and oxygen atoms in total. The molecule has 2 aliphatic heterocycles. The molecule has 0 unspecified atom stereocenters. The van der Waals surface area contributed by atoms with Crippen LogP contribution in [0.25, 0.3) is 11.3 Å². The monoisotopic (exact) mass is 521 g/mol. The number of methoxy groups -OCH3 is 1. The molecule has 2 aliphatic rings. The molecule has 38 heavy (non-hydrogen) atoms. The fraction of sp³-hybridized carbons (Fsp3) is 0.333. The van der Waals surface area contributed by atoms with Crippen molar-refractivity contribution in [2.45, 2.75) is 38.8 Å². The summed E-state index contributed by atoms with van der Waals surface area (Å²) in [5.41, 5.74) is 0.686. The lowest BCUT2D eigenvalue weighted by Crippen LogP contribution is -2.40. The normalized spacial score (nSPS) is 16.1. The minimum absolute atomic E-state index is 0.0730. The third kappa shape index (κ3) is 4.44. The maximum Gasteiger partial charge on any atom is 0.416 e. The predicted molar refractivity (Wildman–Crippen MR) is 137 cm³/mol. The molecule has 5 rings (SSSR count). The molecule has 4 heterocycles. The highest BCUT2D eigenvalue weighted by Crippen LogP contribution is 2.42. The van der Waals surface area contributed by atoms with Gasteiger partial charge in [0.1, 0.15) is 22.7 Å². The molecule has 0 saturated carbocycles. The zero-order chi connectivity index (χ0) is 27.2. The highest BCUT2D eigenvalue weighted by molar-refractivity contribution is 5.91. The van der Waals surface area contributed by atoms with Gasteiger partial charge in [0.15, 0.2) is 11.6 Å². The number of benzene rings is 1. The van der Waals surface area contributed by atoms with Crippen LogP contribution >= 0.6 is 0 Å². The average Bonchev–Trinajstić information content (AvgIpc) is 3.31. The molecule has 198 valence electrons. The molecule has 0 aliphatic carbocycles. The van der Waals surface area contributed by atoms with Crippen molar-refractivity contribution in [1.29, 1.82) is 10.8 Å². The molecule has 2 N–H and O–H groups in total.